The van der Waals surface area contributed by atoms with Crippen LogP contribution in [0.1, 0.15) is 5.56 Å². The summed E-state index contributed by atoms with van der Waals surface area (Å²) in [5.41, 5.74) is 0.464. The zero-order chi connectivity index (χ0) is 8.43. The Labute approximate surface area is 62.5 Å². The van der Waals surface area contributed by atoms with Crippen LogP contribution in [0.15, 0.2) is 12.1 Å². The van der Waals surface area contributed by atoms with Crippen molar-refractivity contribution in [3.63, 3.8) is 0 Å². The van der Waals surface area contributed by atoms with E-state index in [0.717, 1.165) is 12.1 Å². The molecule has 0 saturated carbocycles. The fourth-order valence-corrected chi connectivity index (χ4v) is 0.755. The van der Waals surface area contributed by atoms with Crippen LogP contribution in [0.3, 0.4) is 0 Å². The first-order chi connectivity index (χ1) is 5.15. The van der Waals surface area contributed by atoms with Gasteiger partial charge in [0.05, 0.1) is 0 Å². The molecule has 4 heteroatoms. The molecule has 0 aliphatic rings. The van der Waals surface area contributed by atoms with Crippen LogP contribution in [0.5, 0.6) is 5.75 Å². The summed E-state index contributed by atoms with van der Waals surface area (Å²) in [6, 6.07) is 1.93. The number of benzene rings is 1. The zero-order valence-corrected chi connectivity index (χ0v) is 5.90. The maximum Gasteiger partial charge on any atom is 0.162 e. The van der Waals surface area contributed by atoms with E-state index in [9.17, 15) is 8.78 Å². The Kier molecular flexibility index (Phi) is 2.05. The van der Waals surface area contributed by atoms with Gasteiger partial charge in [-0.1, -0.05) is 0 Å². The van der Waals surface area contributed by atoms with Gasteiger partial charge in [-0.05, 0) is 18.6 Å². The molecule has 2 nitrogen and oxygen atoms in total. The Morgan fingerprint density at radius 3 is 2.36 bits per heavy atom. The number of halogens is 2. The number of hydrogen-bond acceptors (Lipinski definition) is 2. The van der Waals surface area contributed by atoms with Gasteiger partial charge in [-0.25, -0.2) is 8.78 Å². The lowest BCUT2D eigenvalue weighted by atomic mass is 10.2. The highest BCUT2D eigenvalue weighted by Crippen LogP contribution is 2.19. The van der Waals surface area contributed by atoms with Gasteiger partial charge in [0.25, 0.3) is 0 Å². The minimum Gasteiger partial charge on any atom is -0.411 e. The van der Waals surface area contributed by atoms with E-state index in [4.69, 9.17) is 5.90 Å². The Morgan fingerprint density at radius 1 is 1.27 bits per heavy atom. The smallest absolute Gasteiger partial charge is 0.162 e. The normalized spacial score (nSPS) is 9.82. The number of rotatable bonds is 1. The average Bonchev–Trinajstić information content (AvgIpc) is 1.97. The standard InChI is InChI=1S/C7H7F2NO/c1-4-2-5(8)6(9)3-7(4)11-10/h2-3H,10H2,1H3. The van der Waals surface area contributed by atoms with E-state index in [-0.39, 0.29) is 5.75 Å². The van der Waals surface area contributed by atoms with Crippen molar-refractivity contribution in [2.75, 3.05) is 0 Å². The predicted octanol–water partition coefficient (Wildman–Crippen LogP) is 1.53. The SMILES string of the molecule is Cc1cc(F)c(F)cc1ON. The first kappa shape index (κ1) is 7.94. The summed E-state index contributed by atoms with van der Waals surface area (Å²) in [6.45, 7) is 1.57. The molecule has 0 radical (unpaired) electrons. The molecule has 0 amide bonds. The summed E-state index contributed by atoms with van der Waals surface area (Å²) in [4.78, 5) is 4.27. The van der Waals surface area contributed by atoms with Crippen molar-refractivity contribution < 1.29 is 13.6 Å². The first-order valence-corrected chi connectivity index (χ1v) is 2.97. The Hall–Kier alpha value is -1.16. The molecule has 0 heterocycles. The molecule has 60 valence electrons. The number of nitrogens with two attached hydrogens (primary N) is 1. The lowest BCUT2D eigenvalue weighted by molar-refractivity contribution is 0.328. The van der Waals surface area contributed by atoms with Crippen LogP contribution in [-0.2, 0) is 0 Å². The second-order valence-electron chi connectivity index (χ2n) is 2.15. The predicted molar refractivity (Wildman–Crippen MR) is 35.9 cm³/mol. The Bertz CT molecular complexity index is 275. The van der Waals surface area contributed by atoms with Crippen molar-refractivity contribution in [3.05, 3.63) is 29.3 Å². The van der Waals surface area contributed by atoms with Crippen LogP contribution in [0.4, 0.5) is 8.78 Å². The second kappa shape index (κ2) is 2.84. The molecule has 0 unspecified atom stereocenters. The highest BCUT2D eigenvalue weighted by molar-refractivity contribution is 5.33. The van der Waals surface area contributed by atoms with Crippen LogP contribution in [-0.4, -0.2) is 0 Å². The van der Waals surface area contributed by atoms with Crippen molar-refractivity contribution in [1.82, 2.24) is 0 Å². The van der Waals surface area contributed by atoms with Gasteiger partial charge < -0.3 is 4.84 Å². The maximum atomic E-state index is 12.4. The summed E-state index contributed by atoms with van der Waals surface area (Å²) in [6.07, 6.45) is 0. The van der Waals surface area contributed by atoms with Gasteiger partial charge in [-0.15, -0.1) is 0 Å². The Morgan fingerprint density at radius 2 is 1.82 bits per heavy atom. The molecule has 1 rings (SSSR count). The van der Waals surface area contributed by atoms with E-state index in [1.54, 1.807) is 6.92 Å². The van der Waals surface area contributed by atoms with Crippen LogP contribution in [0.2, 0.25) is 0 Å². The molecule has 0 bridgehead atoms. The van der Waals surface area contributed by atoms with Gasteiger partial charge in [0, 0.05) is 6.07 Å². The summed E-state index contributed by atoms with van der Waals surface area (Å²) in [5.74, 6) is 3.06. The molecular weight excluding hydrogens is 152 g/mol. The molecule has 0 aliphatic carbocycles. The van der Waals surface area contributed by atoms with E-state index in [0.29, 0.717) is 5.56 Å². The van der Waals surface area contributed by atoms with Crippen molar-refractivity contribution >= 4 is 0 Å². The molecule has 0 spiro atoms. The van der Waals surface area contributed by atoms with Gasteiger partial charge in [0.2, 0.25) is 0 Å². The van der Waals surface area contributed by atoms with Crippen LogP contribution in [0, 0.1) is 18.6 Å². The third kappa shape index (κ3) is 1.46. The van der Waals surface area contributed by atoms with E-state index < -0.39 is 11.6 Å². The van der Waals surface area contributed by atoms with E-state index in [1.807, 2.05) is 0 Å². The van der Waals surface area contributed by atoms with E-state index >= 15 is 0 Å². The zero-order valence-electron chi connectivity index (χ0n) is 5.90. The van der Waals surface area contributed by atoms with Crippen molar-refractivity contribution in [3.8, 4) is 5.75 Å². The maximum absolute atomic E-state index is 12.4. The topological polar surface area (TPSA) is 35.2 Å². The van der Waals surface area contributed by atoms with E-state index in [2.05, 4.69) is 4.84 Å². The summed E-state index contributed by atoms with van der Waals surface area (Å²) >= 11 is 0. The molecule has 11 heavy (non-hydrogen) atoms. The summed E-state index contributed by atoms with van der Waals surface area (Å²) < 4.78 is 24.9. The van der Waals surface area contributed by atoms with Gasteiger partial charge in [-0.3, -0.25) is 0 Å². The van der Waals surface area contributed by atoms with Gasteiger partial charge in [0.15, 0.2) is 17.4 Å². The third-order valence-corrected chi connectivity index (χ3v) is 1.34. The van der Waals surface area contributed by atoms with Gasteiger partial charge in [0.1, 0.15) is 0 Å². The van der Waals surface area contributed by atoms with Gasteiger partial charge >= 0.3 is 0 Å². The highest BCUT2D eigenvalue weighted by Gasteiger charge is 2.06. The highest BCUT2D eigenvalue weighted by atomic mass is 19.2. The minimum absolute atomic E-state index is 0.143. The lowest BCUT2D eigenvalue weighted by Gasteiger charge is -2.02. The number of aryl methyl sites for hydroxylation is 1. The molecule has 1 aromatic carbocycles. The second-order valence-corrected chi connectivity index (χ2v) is 2.15. The quantitative estimate of drug-likeness (QED) is 0.630. The summed E-state index contributed by atoms with van der Waals surface area (Å²) in [7, 11) is 0. The molecule has 0 aliphatic heterocycles. The third-order valence-electron chi connectivity index (χ3n) is 1.34. The molecule has 0 atom stereocenters. The van der Waals surface area contributed by atoms with Crippen LogP contribution < -0.4 is 10.7 Å². The molecule has 2 N–H and O–H groups in total. The molecule has 1 aromatic rings. The van der Waals surface area contributed by atoms with Crippen molar-refractivity contribution in [2.45, 2.75) is 6.92 Å². The lowest BCUT2D eigenvalue weighted by Crippen LogP contribution is -2.04. The summed E-state index contributed by atoms with van der Waals surface area (Å²) in [5, 5.41) is 0. The molecule has 0 saturated heterocycles. The number of hydrogen-bond donors (Lipinski definition) is 1. The first-order valence-electron chi connectivity index (χ1n) is 2.97. The van der Waals surface area contributed by atoms with Crippen LogP contribution >= 0.6 is 0 Å². The fraction of sp³-hybridized carbons (Fsp3) is 0.143. The molecular formula is C7H7F2NO. The average molecular weight is 159 g/mol. The van der Waals surface area contributed by atoms with Crippen molar-refractivity contribution in [1.29, 1.82) is 0 Å². The monoisotopic (exact) mass is 159 g/mol. The van der Waals surface area contributed by atoms with Gasteiger partial charge in [-0.2, -0.15) is 5.90 Å². The Balaban J connectivity index is 3.21. The van der Waals surface area contributed by atoms with Crippen LogP contribution in [0.25, 0.3) is 0 Å². The van der Waals surface area contributed by atoms with E-state index in [1.165, 1.54) is 0 Å². The minimum atomic E-state index is -0.962. The van der Waals surface area contributed by atoms with Crippen molar-refractivity contribution in [2.24, 2.45) is 5.90 Å². The molecule has 0 fully saturated rings. The largest absolute Gasteiger partial charge is 0.411 e. The molecule has 0 aromatic heterocycles. The fourth-order valence-electron chi connectivity index (χ4n) is 0.755.